The molecule has 0 bridgehead atoms. The van der Waals surface area contributed by atoms with Gasteiger partial charge in [0.15, 0.2) is 5.52 Å². The lowest BCUT2D eigenvalue weighted by molar-refractivity contribution is -0.509. The molecule has 0 saturated heterocycles. The fraction of sp³-hybridized carbons (Fsp3) is 0. The highest BCUT2D eigenvalue weighted by molar-refractivity contribution is 7.05. The zero-order valence-electron chi connectivity index (χ0n) is 16.1. The molecule has 4 aromatic carbocycles. The highest BCUT2D eigenvalue weighted by atomic mass is 28.3. The molecule has 0 aliphatic heterocycles. The summed E-state index contributed by atoms with van der Waals surface area (Å²) in [7, 11) is -2.55. The van der Waals surface area contributed by atoms with Gasteiger partial charge in [0.2, 0.25) is 0 Å². The standard InChI is InChI=1S/C27H22NSi/c1-4-15-24(16-5-1)29(25-17-6-2-7-18-25,26-19-8-3-9-20-26)28-22-12-14-23-13-10-11-21-27(23)28/h1-22H/q+1. The number of hydrogen-bond acceptors (Lipinski definition) is 0. The maximum atomic E-state index is 2.56. The van der Waals surface area contributed by atoms with Crippen molar-refractivity contribution in [1.29, 1.82) is 0 Å². The second-order valence-electron chi connectivity index (χ2n) is 7.25. The smallest absolute Gasteiger partial charge is 0.262 e. The molecule has 0 atom stereocenters. The van der Waals surface area contributed by atoms with E-state index in [-0.39, 0.29) is 0 Å². The van der Waals surface area contributed by atoms with E-state index in [2.05, 4.69) is 138 Å². The van der Waals surface area contributed by atoms with Gasteiger partial charge in [-0.2, -0.15) is 0 Å². The Labute approximate surface area is 172 Å². The van der Waals surface area contributed by atoms with Gasteiger partial charge in [-0.25, -0.2) is 0 Å². The second kappa shape index (κ2) is 7.49. The summed E-state index contributed by atoms with van der Waals surface area (Å²) in [6, 6.07) is 46.1. The van der Waals surface area contributed by atoms with Gasteiger partial charge in [0.05, 0.1) is 0 Å². The van der Waals surface area contributed by atoms with Crippen LogP contribution in [0.2, 0.25) is 0 Å². The quantitative estimate of drug-likeness (QED) is 0.327. The Hall–Kier alpha value is -3.49. The molecule has 0 spiro atoms. The van der Waals surface area contributed by atoms with Crippen molar-refractivity contribution in [2.24, 2.45) is 0 Å². The minimum atomic E-state index is -2.55. The molecule has 0 aliphatic carbocycles. The second-order valence-corrected chi connectivity index (χ2v) is 10.9. The molecule has 1 aromatic heterocycles. The first-order valence-corrected chi connectivity index (χ1v) is 11.9. The van der Waals surface area contributed by atoms with E-state index in [0.29, 0.717) is 0 Å². The van der Waals surface area contributed by atoms with Crippen molar-refractivity contribution in [3.05, 3.63) is 134 Å². The Morgan fingerprint density at radius 2 is 0.828 bits per heavy atom. The van der Waals surface area contributed by atoms with Crippen molar-refractivity contribution < 1.29 is 4.23 Å². The lowest BCUT2D eigenvalue weighted by atomic mass is 10.2. The zero-order chi connectivity index (χ0) is 19.5. The van der Waals surface area contributed by atoms with Crippen LogP contribution in [0.15, 0.2) is 134 Å². The predicted octanol–water partition coefficient (Wildman–Crippen LogP) is 3.64. The maximum absolute atomic E-state index is 2.56. The monoisotopic (exact) mass is 388 g/mol. The average molecular weight is 389 g/mol. The summed E-state index contributed by atoms with van der Waals surface area (Å²) in [4.78, 5) is 0. The third-order valence-electron chi connectivity index (χ3n) is 5.64. The number of aromatic nitrogens is 1. The fourth-order valence-corrected chi connectivity index (χ4v) is 9.14. The number of rotatable bonds is 4. The van der Waals surface area contributed by atoms with E-state index < -0.39 is 8.24 Å². The maximum Gasteiger partial charge on any atom is 0.462 e. The van der Waals surface area contributed by atoms with Gasteiger partial charge in [0.25, 0.3) is 0 Å². The third-order valence-corrected chi connectivity index (χ3v) is 10.3. The molecule has 0 unspecified atom stereocenters. The number of pyridine rings is 1. The first-order valence-electron chi connectivity index (χ1n) is 9.97. The molecule has 5 aromatic rings. The van der Waals surface area contributed by atoms with Gasteiger partial charge in [-0.1, -0.05) is 103 Å². The summed E-state index contributed by atoms with van der Waals surface area (Å²) in [5.41, 5.74) is 1.26. The molecule has 2 heteroatoms. The Balaban J connectivity index is 1.99. The Morgan fingerprint density at radius 1 is 0.414 bits per heavy atom. The molecule has 0 aliphatic rings. The number of para-hydroxylation sites is 1. The van der Waals surface area contributed by atoms with E-state index in [4.69, 9.17) is 0 Å². The van der Waals surface area contributed by atoms with Crippen LogP contribution in [0, 0.1) is 0 Å². The summed E-state index contributed by atoms with van der Waals surface area (Å²) in [5, 5.41) is 5.38. The van der Waals surface area contributed by atoms with Crippen LogP contribution in [0.4, 0.5) is 0 Å². The van der Waals surface area contributed by atoms with Crippen LogP contribution in [-0.2, 0) is 0 Å². The Kier molecular flexibility index (Phi) is 4.55. The molecule has 5 rings (SSSR count). The molecule has 0 fully saturated rings. The SMILES string of the molecule is c1ccc([Si](c2ccccc2)(c2ccccc2)[n+]2cccc3ccccc32)cc1. The number of benzene rings is 4. The van der Waals surface area contributed by atoms with Crippen LogP contribution in [-0.4, -0.2) is 8.24 Å². The lowest BCUT2D eigenvalue weighted by Gasteiger charge is -2.27. The molecule has 29 heavy (non-hydrogen) atoms. The fourth-order valence-electron chi connectivity index (χ4n) is 4.41. The van der Waals surface area contributed by atoms with E-state index in [9.17, 15) is 0 Å². The van der Waals surface area contributed by atoms with E-state index in [0.717, 1.165) is 0 Å². The van der Waals surface area contributed by atoms with Gasteiger partial charge >= 0.3 is 8.24 Å². The first-order chi connectivity index (χ1) is 14.4. The van der Waals surface area contributed by atoms with E-state index in [1.165, 1.54) is 26.5 Å². The largest absolute Gasteiger partial charge is 0.462 e. The van der Waals surface area contributed by atoms with Crippen LogP contribution < -0.4 is 19.8 Å². The third kappa shape index (κ3) is 2.89. The van der Waals surface area contributed by atoms with Gasteiger partial charge in [-0.3, -0.25) is 4.23 Å². The molecule has 0 radical (unpaired) electrons. The van der Waals surface area contributed by atoms with Crippen molar-refractivity contribution in [3.8, 4) is 0 Å². The molecular formula is C27H22NSi+. The minimum absolute atomic E-state index is 1.26. The van der Waals surface area contributed by atoms with Gasteiger partial charge in [-0.15, -0.1) is 0 Å². The molecule has 138 valence electrons. The number of nitrogens with zero attached hydrogens (tertiary/aromatic N) is 1. The number of fused-ring (bicyclic) bond motifs is 1. The average Bonchev–Trinajstić information content (AvgIpc) is 2.82. The van der Waals surface area contributed by atoms with Crippen molar-refractivity contribution in [2.45, 2.75) is 0 Å². The molecule has 1 nitrogen and oxygen atoms in total. The first kappa shape index (κ1) is 17.6. The zero-order valence-corrected chi connectivity index (χ0v) is 17.1. The van der Waals surface area contributed by atoms with E-state index in [1.54, 1.807) is 0 Å². The summed E-state index contributed by atoms with van der Waals surface area (Å²) >= 11 is 0. The number of hydrogen-bond donors (Lipinski definition) is 0. The van der Waals surface area contributed by atoms with Gasteiger partial charge in [0.1, 0.15) is 6.20 Å². The van der Waals surface area contributed by atoms with Crippen molar-refractivity contribution in [2.75, 3.05) is 0 Å². The summed E-state index contributed by atoms with van der Waals surface area (Å²) in [6.45, 7) is 0. The van der Waals surface area contributed by atoms with Crippen LogP contribution in [0.3, 0.4) is 0 Å². The van der Waals surface area contributed by atoms with Crippen LogP contribution in [0.5, 0.6) is 0 Å². The Bertz CT molecular complexity index is 1130. The minimum Gasteiger partial charge on any atom is -0.262 e. The van der Waals surface area contributed by atoms with Crippen molar-refractivity contribution in [3.63, 3.8) is 0 Å². The van der Waals surface area contributed by atoms with E-state index in [1.807, 2.05) is 0 Å². The molecule has 0 amide bonds. The highest BCUT2D eigenvalue weighted by Gasteiger charge is 2.53. The normalized spacial score (nSPS) is 11.4. The van der Waals surface area contributed by atoms with Gasteiger partial charge in [0, 0.05) is 33.1 Å². The van der Waals surface area contributed by atoms with Gasteiger partial charge < -0.3 is 0 Å². The lowest BCUT2D eigenvalue weighted by Crippen LogP contribution is -2.84. The molecule has 1 heterocycles. The summed E-state index contributed by atoms with van der Waals surface area (Å²) in [5.74, 6) is 0. The topological polar surface area (TPSA) is 3.88 Å². The predicted molar refractivity (Wildman–Crippen MR) is 124 cm³/mol. The van der Waals surface area contributed by atoms with Gasteiger partial charge in [-0.05, 0) is 12.1 Å². The molecule has 0 N–H and O–H groups in total. The van der Waals surface area contributed by atoms with Crippen LogP contribution in [0.25, 0.3) is 10.9 Å². The summed E-state index contributed by atoms with van der Waals surface area (Å²) < 4.78 is 2.56. The van der Waals surface area contributed by atoms with Crippen molar-refractivity contribution in [1.82, 2.24) is 0 Å². The van der Waals surface area contributed by atoms with E-state index >= 15 is 0 Å². The Morgan fingerprint density at radius 3 is 1.34 bits per heavy atom. The molecular weight excluding hydrogens is 366 g/mol. The highest BCUT2D eigenvalue weighted by Crippen LogP contribution is 2.13. The van der Waals surface area contributed by atoms with Crippen molar-refractivity contribution >= 4 is 34.7 Å². The van der Waals surface area contributed by atoms with Crippen LogP contribution >= 0.6 is 0 Å². The summed E-state index contributed by atoms with van der Waals surface area (Å²) in [6.07, 6.45) is 2.27. The molecule has 0 saturated carbocycles. The van der Waals surface area contributed by atoms with Crippen LogP contribution in [0.1, 0.15) is 0 Å².